The molecule has 6 nitrogen and oxygen atoms in total. The largest absolute Gasteiger partial charge is 0.622 e. The second-order valence-corrected chi connectivity index (χ2v) is 6.44. The minimum absolute atomic E-state index is 0.304. The summed E-state index contributed by atoms with van der Waals surface area (Å²) < 4.78 is 1.00. The summed E-state index contributed by atoms with van der Waals surface area (Å²) in [4.78, 5) is 2.18. The first-order valence-corrected chi connectivity index (χ1v) is 7.55. The standard InChI is InChI=1S/C14H23N3O3/c1-13(16-8-3-2-4-9-16)10-14(18)11(15-19)6-5-7-12(14)17(13)20/h18-19H,2-10H2,1H3/b15-11-/t13-,14+/m0/s1. The van der Waals surface area contributed by atoms with Gasteiger partial charge >= 0.3 is 0 Å². The van der Waals surface area contributed by atoms with Gasteiger partial charge in [0.15, 0.2) is 5.60 Å². The fraction of sp³-hybridized carbons (Fsp3) is 0.857. The fourth-order valence-electron chi connectivity index (χ4n) is 4.07. The molecule has 2 fully saturated rings. The molecule has 0 spiro atoms. The van der Waals surface area contributed by atoms with Crippen molar-refractivity contribution in [2.45, 2.75) is 63.1 Å². The molecule has 0 aromatic heterocycles. The van der Waals surface area contributed by atoms with Crippen LogP contribution in [-0.2, 0) is 0 Å². The molecule has 0 amide bonds. The third-order valence-corrected chi connectivity index (χ3v) is 5.21. The molecule has 0 aromatic rings. The SMILES string of the molecule is C[C@@]1(N2CCCCC2)C[C@]2(O)C(=[N+]1[O-])CCC/C2=N/O. The minimum Gasteiger partial charge on any atom is -0.622 e. The van der Waals surface area contributed by atoms with Crippen molar-refractivity contribution in [1.82, 2.24) is 4.90 Å². The highest BCUT2D eigenvalue weighted by Crippen LogP contribution is 2.41. The molecule has 2 N–H and O–H groups in total. The number of oxime groups is 1. The van der Waals surface area contributed by atoms with Gasteiger partial charge in [-0.05, 0) is 25.7 Å². The number of hydrogen-bond donors (Lipinski definition) is 2. The highest BCUT2D eigenvalue weighted by atomic mass is 16.5. The molecule has 1 saturated carbocycles. The van der Waals surface area contributed by atoms with Gasteiger partial charge in [-0.1, -0.05) is 11.6 Å². The Hall–Kier alpha value is -1.14. The van der Waals surface area contributed by atoms with Crippen LogP contribution in [0.2, 0.25) is 0 Å². The monoisotopic (exact) mass is 281 g/mol. The van der Waals surface area contributed by atoms with E-state index in [2.05, 4.69) is 10.1 Å². The summed E-state index contributed by atoms with van der Waals surface area (Å²) in [5, 5.41) is 36.1. The molecule has 0 unspecified atom stereocenters. The molecule has 1 aliphatic carbocycles. The van der Waals surface area contributed by atoms with Crippen LogP contribution in [0.3, 0.4) is 0 Å². The first kappa shape index (κ1) is 13.8. The van der Waals surface area contributed by atoms with Crippen LogP contribution in [0.15, 0.2) is 5.16 Å². The van der Waals surface area contributed by atoms with E-state index in [0.29, 0.717) is 30.7 Å². The molecule has 2 atom stereocenters. The topological polar surface area (TPSA) is 82.1 Å². The molecule has 20 heavy (non-hydrogen) atoms. The van der Waals surface area contributed by atoms with E-state index >= 15 is 0 Å². The highest BCUT2D eigenvalue weighted by molar-refractivity contribution is 6.15. The molecule has 2 heterocycles. The average molecular weight is 281 g/mol. The molecule has 2 aliphatic heterocycles. The van der Waals surface area contributed by atoms with Crippen molar-refractivity contribution < 1.29 is 15.1 Å². The highest BCUT2D eigenvalue weighted by Gasteiger charge is 2.62. The Kier molecular flexibility index (Phi) is 3.25. The Morgan fingerprint density at radius 3 is 2.55 bits per heavy atom. The van der Waals surface area contributed by atoms with Crippen LogP contribution in [-0.4, -0.2) is 55.7 Å². The predicted molar refractivity (Wildman–Crippen MR) is 75.1 cm³/mol. The molecule has 1 saturated heterocycles. The zero-order valence-corrected chi connectivity index (χ0v) is 12.0. The number of piperidine rings is 1. The number of aliphatic hydroxyl groups is 1. The first-order valence-electron chi connectivity index (χ1n) is 7.55. The Bertz CT molecular complexity index is 470. The summed E-state index contributed by atoms with van der Waals surface area (Å²) in [5.41, 5.74) is -1.24. The zero-order valence-electron chi connectivity index (χ0n) is 12.0. The number of fused-ring (bicyclic) bond motifs is 1. The molecule has 0 radical (unpaired) electrons. The normalized spacial score (nSPS) is 41.2. The van der Waals surface area contributed by atoms with Crippen molar-refractivity contribution in [2.24, 2.45) is 5.16 Å². The summed E-state index contributed by atoms with van der Waals surface area (Å²) in [5.74, 6) is 0. The van der Waals surface area contributed by atoms with Crippen molar-refractivity contribution in [3.8, 4) is 0 Å². The van der Waals surface area contributed by atoms with Gasteiger partial charge in [0.25, 0.3) is 0 Å². The van der Waals surface area contributed by atoms with Gasteiger partial charge in [0.1, 0.15) is 0 Å². The van der Waals surface area contributed by atoms with Crippen molar-refractivity contribution in [2.75, 3.05) is 13.1 Å². The van der Waals surface area contributed by atoms with Crippen LogP contribution in [0, 0.1) is 5.21 Å². The predicted octanol–water partition coefficient (Wildman–Crippen LogP) is 1.29. The van der Waals surface area contributed by atoms with Gasteiger partial charge in [-0.2, -0.15) is 4.74 Å². The Morgan fingerprint density at radius 1 is 1.20 bits per heavy atom. The Labute approximate surface area is 119 Å². The molecule has 0 aromatic carbocycles. The van der Waals surface area contributed by atoms with Crippen LogP contribution >= 0.6 is 0 Å². The van der Waals surface area contributed by atoms with Crippen molar-refractivity contribution in [3.05, 3.63) is 5.21 Å². The lowest BCUT2D eigenvalue weighted by Gasteiger charge is -2.38. The average Bonchev–Trinajstić information content (AvgIpc) is 2.68. The van der Waals surface area contributed by atoms with Gasteiger partial charge in [0.2, 0.25) is 11.4 Å². The van der Waals surface area contributed by atoms with E-state index < -0.39 is 11.3 Å². The third-order valence-electron chi connectivity index (χ3n) is 5.21. The lowest BCUT2D eigenvalue weighted by atomic mass is 9.78. The van der Waals surface area contributed by atoms with E-state index in [1.807, 2.05) is 6.92 Å². The molecule has 112 valence electrons. The smallest absolute Gasteiger partial charge is 0.230 e. The first-order chi connectivity index (χ1) is 9.52. The van der Waals surface area contributed by atoms with Gasteiger partial charge in [0.05, 0.1) is 12.1 Å². The summed E-state index contributed by atoms with van der Waals surface area (Å²) >= 11 is 0. The van der Waals surface area contributed by atoms with Gasteiger partial charge in [-0.15, -0.1) is 0 Å². The minimum atomic E-state index is -1.35. The van der Waals surface area contributed by atoms with Crippen LogP contribution in [0.4, 0.5) is 0 Å². The number of hydrogen-bond acceptors (Lipinski definition) is 5. The maximum absolute atomic E-state index is 12.8. The molecule has 3 aliphatic rings. The quantitative estimate of drug-likeness (QED) is 0.328. The van der Waals surface area contributed by atoms with Crippen LogP contribution in [0.5, 0.6) is 0 Å². The summed E-state index contributed by atoms with van der Waals surface area (Å²) in [7, 11) is 0. The van der Waals surface area contributed by atoms with Crippen LogP contribution in [0.1, 0.15) is 51.9 Å². The summed E-state index contributed by atoms with van der Waals surface area (Å²) in [6.07, 6.45) is 5.60. The molecular weight excluding hydrogens is 258 g/mol. The van der Waals surface area contributed by atoms with Gasteiger partial charge in [-0.25, -0.2) is 4.90 Å². The van der Waals surface area contributed by atoms with E-state index in [0.717, 1.165) is 37.1 Å². The van der Waals surface area contributed by atoms with Crippen molar-refractivity contribution >= 4 is 11.4 Å². The zero-order chi connectivity index (χ0) is 14.4. The second kappa shape index (κ2) is 4.70. The van der Waals surface area contributed by atoms with E-state index in [9.17, 15) is 10.3 Å². The van der Waals surface area contributed by atoms with Crippen LogP contribution in [0.25, 0.3) is 0 Å². The molecule has 6 heteroatoms. The number of nitrogens with zero attached hydrogens (tertiary/aromatic N) is 3. The molecule has 0 bridgehead atoms. The van der Waals surface area contributed by atoms with E-state index in [1.54, 1.807) is 0 Å². The van der Waals surface area contributed by atoms with Gasteiger partial charge in [-0.3, -0.25) is 0 Å². The maximum Gasteiger partial charge on any atom is 0.230 e. The summed E-state index contributed by atoms with van der Waals surface area (Å²) in [6.45, 7) is 3.69. The number of likely N-dealkylation sites (tertiary alicyclic amines) is 1. The Balaban J connectivity index is 1.98. The molecular formula is C14H23N3O3. The Morgan fingerprint density at radius 2 is 1.90 bits per heavy atom. The van der Waals surface area contributed by atoms with Gasteiger partial charge < -0.3 is 15.5 Å². The maximum atomic E-state index is 12.8. The van der Waals surface area contributed by atoms with E-state index in [-0.39, 0.29) is 0 Å². The molecule has 3 rings (SSSR count). The van der Waals surface area contributed by atoms with E-state index in [1.165, 1.54) is 6.42 Å². The van der Waals surface area contributed by atoms with Crippen molar-refractivity contribution in [1.29, 1.82) is 0 Å². The fourth-order valence-corrected chi connectivity index (χ4v) is 4.07. The third kappa shape index (κ3) is 1.78. The lowest BCUT2D eigenvalue weighted by Crippen LogP contribution is -2.54. The second-order valence-electron chi connectivity index (χ2n) is 6.44. The van der Waals surface area contributed by atoms with Crippen molar-refractivity contribution in [3.63, 3.8) is 0 Å². The summed E-state index contributed by atoms with van der Waals surface area (Å²) in [6, 6.07) is 0. The van der Waals surface area contributed by atoms with Gasteiger partial charge in [0, 0.05) is 26.4 Å². The number of hydroxylamine groups is 1. The number of rotatable bonds is 1. The lowest BCUT2D eigenvalue weighted by molar-refractivity contribution is -0.571. The van der Waals surface area contributed by atoms with E-state index in [4.69, 9.17) is 5.21 Å². The van der Waals surface area contributed by atoms with Crippen LogP contribution < -0.4 is 0 Å².